The Morgan fingerprint density at radius 3 is 2.75 bits per heavy atom. The van der Waals surface area contributed by atoms with E-state index in [0.717, 1.165) is 22.3 Å². The molecule has 0 unspecified atom stereocenters. The first-order valence-electron chi connectivity index (χ1n) is 6.19. The number of para-hydroxylation sites is 1. The molecule has 5 heteroatoms. The predicted molar refractivity (Wildman–Crippen MR) is 81.8 cm³/mol. The Morgan fingerprint density at radius 2 is 2.05 bits per heavy atom. The van der Waals surface area contributed by atoms with Gasteiger partial charge in [-0.3, -0.25) is 4.57 Å². The van der Waals surface area contributed by atoms with Gasteiger partial charge in [-0.15, -0.1) is 0 Å². The van der Waals surface area contributed by atoms with E-state index < -0.39 is 0 Å². The van der Waals surface area contributed by atoms with Gasteiger partial charge in [0.15, 0.2) is 0 Å². The Hall–Kier alpha value is -2.20. The topological polar surface area (TPSA) is 53.1 Å². The number of hydrogen-bond donors (Lipinski definition) is 1. The van der Waals surface area contributed by atoms with Crippen LogP contribution in [0.25, 0.3) is 16.7 Å². The molecule has 0 spiro atoms. The molecule has 0 atom stereocenters. The number of methoxy groups -OCH3 is 1. The Labute approximate surface area is 121 Å². The standard InChI is InChI=1S/C15H14ClN3O/c1-9-6-7-10(8-11(9)16)19-12-4-3-5-13(20-2)14(12)18-15(19)17/h3-8H,1-2H3,(H2,17,18). The molecule has 0 saturated heterocycles. The molecular weight excluding hydrogens is 274 g/mol. The number of aryl methyl sites for hydroxylation is 1. The molecule has 1 heterocycles. The van der Waals surface area contributed by atoms with E-state index in [1.165, 1.54) is 0 Å². The van der Waals surface area contributed by atoms with Crippen LogP contribution in [0.5, 0.6) is 5.75 Å². The van der Waals surface area contributed by atoms with E-state index in [0.29, 0.717) is 16.7 Å². The van der Waals surface area contributed by atoms with E-state index in [2.05, 4.69) is 4.98 Å². The molecule has 4 nitrogen and oxygen atoms in total. The smallest absolute Gasteiger partial charge is 0.206 e. The number of fused-ring (bicyclic) bond motifs is 1. The summed E-state index contributed by atoms with van der Waals surface area (Å²) in [5, 5.41) is 0.701. The van der Waals surface area contributed by atoms with Crippen molar-refractivity contribution in [2.24, 2.45) is 0 Å². The molecule has 0 radical (unpaired) electrons. The third-order valence-electron chi connectivity index (χ3n) is 3.31. The first-order chi connectivity index (χ1) is 9.61. The lowest BCUT2D eigenvalue weighted by Crippen LogP contribution is -2.00. The van der Waals surface area contributed by atoms with Gasteiger partial charge < -0.3 is 10.5 Å². The van der Waals surface area contributed by atoms with Gasteiger partial charge in [0.1, 0.15) is 11.3 Å². The first kappa shape index (κ1) is 12.8. The van der Waals surface area contributed by atoms with Gasteiger partial charge in [-0.25, -0.2) is 4.98 Å². The zero-order valence-corrected chi connectivity index (χ0v) is 12.0. The number of nitrogens with zero attached hydrogens (tertiary/aromatic N) is 2. The second kappa shape index (κ2) is 4.72. The highest BCUT2D eigenvalue weighted by atomic mass is 35.5. The van der Waals surface area contributed by atoms with Crippen molar-refractivity contribution in [1.82, 2.24) is 9.55 Å². The predicted octanol–water partition coefficient (Wildman–Crippen LogP) is 3.58. The summed E-state index contributed by atoms with van der Waals surface area (Å²) < 4.78 is 7.18. The molecule has 1 aromatic heterocycles. The van der Waals surface area contributed by atoms with Crippen LogP contribution in [-0.2, 0) is 0 Å². The molecule has 0 aliphatic heterocycles. The van der Waals surface area contributed by atoms with Gasteiger partial charge in [0.25, 0.3) is 0 Å². The van der Waals surface area contributed by atoms with Crippen LogP contribution in [-0.4, -0.2) is 16.7 Å². The molecule has 2 N–H and O–H groups in total. The fourth-order valence-electron chi connectivity index (χ4n) is 2.25. The minimum absolute atomic E-state index is 0.407. The minimum atomic E-state index is 0.407. The average molecular weight is 288 g/mol. The van der Waals surface area contributed by atoms with Gasteiger partial charge in [-0.1, -0.05) is 23.7 Å². The zero-order valence-electron chi connectivity index (χ0n) is 11.2. The van der Waals surface area contributed by atoms with Crippen LogP contribution in [0.15, 0.2) is 36.4 Å². The molecule has 2 aromatic carbocycles. The highest BCUT2D eigenvalue weighted by Gasteiger charge is 2.13. The molecule has 0 aliphatic carbocycles. The average Bonchev–Trinajstić information content (AvgIpc) is 2.78. The third-order valence-corrected chi connectivity index (χ3v) is 3.71. The summed E-state index contributed by atoms with van der Waals surface area (Å²) in [5.41, 5.74) is 9.59. The van der Waals surface area contributed by atoms with Crippen LogP contribution in [0.4, 0.5) is 5.95 Å². The van der Waals surface area contributed by atoms with E-state index >= 15 is 0 Å². The van der Waals surface area contributed by atoms with E-state index in [9.17, 15) is 0 Å². The van der Waals surface area contributed by atoms with Gasteiger partial charge in [0.05, 0.1) is 18.3 Å². The van der Waals surface area contributed by atoms with Crippen molar-refractivity contribution in [1.29, 1.82) is 0 Å². The molecule has 3 aromatic rings. The second-order valence-corrected chi connectivity index (χ2v) is 4.97. The number of anilines is 1. The number of hydrogen-bond acceptors (Lipinski definition) is 3. The number of nitrogen functional groups attached to an aromatic ring is 1. The summed E-state index contributed by atoms with van der Waals surface area (Å²) in [6, 6.07) is 11.5. The van der Waals surface area contributed by atoms with Crippen molar-refractivity contribution < 1.29 is 4.74 Å². The summed E-state index contributed by atoms with van der Waals surface area (Å²) in [4.78, 5) is 4.39. The van der Waals surface area contributed by atoms with Crippen molar-refractivity contribution in [2.75, 3.05) is 12.8 Å². The lowest BCUT2D eigenvalue weighted by atomic mass is 10.2. The van der Waals surface area contributed by atoms with Gasteiger partial charge >= 0.3 is 0 Å². The third kappa shape index (κ3) is 1.89. The Bertz CT molecular complexity index is 795. The Kier molecular flexibility index (Phi) is 3.03. The summed E-state index contributed by atoms with van der Waals surface area (Å²) in [6.45, 7) is 1.96. The highest BCUT2D eigenvalue weighted by molar-refractivity contribution is 6.31. The number of halogens is 1. The van der Waals surface area contributed by atoms with Crippen LogP contribution in [0.3, 0.4) is 0 Å². The van der Waals surface area contributed by atoms with Crippen LogP contribution in [0, 0.1) is 6.92 Å². The fraction of sp³-hybridized carbons (Fsp3) is 0.133. The van der Waals surface area contributed by atoms with E-state index in [1.807, 2.05) is 47.9 Å². The van der Waals surface area contributed by atoms with Crippen LogP contribution in [0.1, 0.15) is 5.56 Å². The highest BCUT2D eigenvalue weighted by Crippen LogP contribution is 2.30. The summed E-state index contributed by atoms with van der Waals surface area (Å²) in [5.74, 6) is 1.11. The van der Waals surface area contributed by atoms with Crippen molar-refractivity contribution in [3.8, 4) is 11.4 Å². The molecule has 102 valence electrons. The van der Waals surface area contributed by atoms with Crippen molar-refractivity contribution in [3.05, 3.63) is 47.0 Å². The Morgan fingerprint density at radius 1 is 1.25 bits per heavy atom. The van der Waals surface area contributed by atoms with Crippen LogP contribution >= 0.6 is 11.6 Å². The number of benzene rings is 2. The number of ether oxygens (including phenoxy) is 1. The van der Waals surface area contributed by atoms with E-state index in [4.69, 9.17) is 22.1 Å². The largest absolute Gasteiger partial charge is 0.494 e. The molecule has 0 saturated carbocycles. The number of aromatic nitrogens is 2. The second-order valence-electron chi connectivity index (χ2n) is 4.57. The minimum Gasteiger partial charge on any atom is -0.494 e. The van der Waals surface area contributed by atoms with Crippen LogP contribution < -0.4 is 10.5 Å². The Balaban J connectivity index is 2.30. The van der Waals surface area contributed by atoms with Crippen molar-refractivity contribution >= 4 is 28.6 Å². The molecule has 0 amide bonds. The number of imidazole rings is 1. The van der Waals surface area contributed by atoms with Crippen molar-refractivity contribution in [3.63, 3.8) is 0 Å². The monoisotopic (exact) mass is 287 g/mol. The molecular formula is C15H14ClN3O. The summed E-state index contributed by atoms with van der Waals surface area (Å²) in [6.07, 6.45) is 0. The maximum absolute atomic E-state index is 6.19. The van der Waals surface area contributed by atoms with E-state index in [1.54, 1.807) is 7.11 Å². The maximum Gasteiger partial charge on any atom is 0.206 e. The molecule has 20 heavy (non-hydrogen) atoms. The summed E-state index contributed by atoms with van der Waals surface area (Å²) in [7, 11) is 1.62. The molecule has 0 bridgehead atoms. The molecule has 0 fully saturated rings. The van der Waals surface area contributed by atoms with Gasteiger partial charge in [-0.05, 0) is 36.8 Å². The SMILES string of the molecule is COc1cccc2c1nc(N)n2-c1ccc(C)c(Cl)c1. The maximum atomic E-state index is 6.19. The van der Waals surface area contributed by atoms with Crippen LogP contribution in [0.2, 0.25) is 5.02 Å². The molecule has 3 rings (SSSR count). The molecule has 0 aliphatic rings. The quantitative estimate of drug-likeness (QED) is 0.784. The number of rotatable bonds is 2. The fourth-order valence-corrected chi connectivity index (χ4v) is 2.42. The van der Waals surface area contributed by atoms with Gasteiger partial charge in [0.2, 0.25) is 5.95 Å². The van der Waals surface area contributed by atoms with Gasteiger partial charge in [0, 0.05) is 5.02 Å². The van der Waals surface area contributed by atoms with Gasteiger partial charge in [-0.2, -0.15) is 0 Å². The normalized spacial score (nSPS) is 10.9. The van der Waals surface area contributed by atoms with E-state index in [-0.39, 0.29) is 0 Å². The lowest BCUT2D eigenvalue weighted by molar-refractivity contribution is 0.419. The lowest BCUT2D eigenvalue weighted by Gasteiger charge is -2.08. The van der Waals surface area contributed by atoms with Crippen molar-refractivity contribution in [2.45, 2.75) is 6.92 Å². The summed E-state index contributed by atoms with van der Waals surface area (Å²) >= 11 is 6.19. The first-order valence-corrected chi connectivity index (χ1v) is 6.57. The number of nitrogens with two attached hydrogens (primary N) is 1. The zero-order chi connectivity index (χ0) is 14.3.